The number of nitrogens with one attached hydrogen (secondary N) is 2. The number of halogens is 1. The van der Waals surface area contributed by atoms with Crippen molar-refractivity contribution in [3.63, 3.8) is 0 Å². The first-order valence-electron chi connectivity index (χ1n) is 11.1. The van der Waals surface area contributed by atoms with Gasteiger partial charge in [0.25, 0.3) is 5.91 Å². The molecule has 2 aromatic carbocycles. The van der Waals surface area contributed by atoms with Crippen LogP contribution in [-0.4, -0.2) is 34.2 Å². The summed E-state index contributed by atoms with van der Waals surface area (Å²) in [6.07, 6.45) is 1.67. The third-order valence-corrected chi connectivity index (χ3v) is 5.79. The third-order valence-electron chi connectivity index (χ3n) is 5.55. The molecule has 176 valence electrons. The zero-order valence-electron chi connectivity index (χ0n) is 18.9. The van der Waals surface area contributed by atoms with Crippen LogP contribution < -0.4 is 10.6 Å². The number of hydrogen-bond donors (Lipinski definition) is 2. The molecule has 1 aliphatic heterocycles. The molecule has 4 rings (SSSR count). The highest BCUT2D eigenvalue weighted by Gasteiger charge is 2.36. The third kappa shape index (κ3) is 4.97. The monoisotopic (exact) mass is 480 g/mol. The Morgan fingerprint density at radius 2 is 1.97 bits per heavy atom. The molecule has 0 saturated heterocycles. The number of anilines is 2. The molecule has 0 radical (unpaired) electrons. The van der Waals surface area contributed by atoms with Crippen molar-refractivity contribution in [3.8, 4) is 11.1 Å². The summed E-state index contributed by atoms with van der Waals surface area (Å²) in [6, 6.07) is 13.0. The molecule has 34 heavy (non-hydrogen) atoms. The molecule has 0 fully saturated rings. The quantitative estimate of drug-likeness (QED) is 0.349. The van der Waals surface area contributed by atoms with Crippen molar-refractivity contribution in [1.82, 2.24) is 9.78 Å². The van der Waals surface area contributed by atoms with Crippen molar-refractivity contribution >= 4 is 40.9 Å². The zero-order valence-corrected chi connectivity index (χ0v) is 19.7. The molecule has 1 atom stereocenters. The number of nitrogens with zero attached hydrogens (tertiary/aromatic N) is 2. The van der Waals surface area contributed by atoms with Gasteiger partial charge in [-0.3, -0.25) is 9.59 Å². The number of rotatable bonds is 8. The normalized spacial score (nSPS) is 14.4. The molecule has 2 N–H and O–H groups in total. The second-order valence-electron chi connectivity index (χ2n) is 8.09. The minimum atomic E-state index is -0.769. The predicted molar refractivity (Wildman–Crippen MR) is 130 cm³/mol. The van der Waals surface area contributed by atoms with Crippen LogP contribution in [0.3, 0.4) is 0 Å². The number of hydrogen-bond acceptors (Lipinski definition) is 5. The Morgan fingerprint density at radius 3 is 2.68 bits per heavy atom. The van der Waals surface area contributed by atoms with E-state index in [1.165, 1.54) is 0 Å². The van der Waals surface area contributed by atoms with E-state index in [4.69, 9.17) is 16.3 Å². The molecule has 1 aromatic heterocycles. The van der Waals surface area contributed by atoms with Crippen molar-refractivity contribution in [2.24, 2.45) is 0 Å². The second-order valence-corrected chi connectivity index (χ2v) is 8.52. The number of esters is 1. The van der Waals surface area contributed by atoms with Gasteiger partial charge in [0.1, 0.15) is 11.9 Å². The lowest BCUT2D eigenvalue weighted by atomic mass is 10.1. The predicted octanol–water partition coefficient (Wildman–Crippen LogP) is 4.99. The van der Waals surface area contributed by atoms with Gasteiger partial charge in [0.2, 0.25) is 5.91 Å². The van der Waals surface area contributed by atoms with Crippen molar-refractivity contribution in [2.75, 3.05) is 17.2 Å². The first-order chi connectivity index (χ1) is 16.4. The Bertz CT molecular complexity index is 1240. The van der Waals surface area contributed by atoms with Crippen LogP contribution in [0.2, 0.25) is 5.02 Å². The fourth-order valence-electron chi connectivity index (χ4n) is 3.84. The molecule has 0 bridgehead atoms. The number of amides is 2. The average molecular weight is 481 g/mol. The summed E-state index contributed by atoms with van der Waals surface area (Å²) in [5.41, 5.74) is 3.27. The van der Waals surface area contributed by atoms with Crippen LogP contribution in [0.25, 0.3) is 11.1 Å². The highest BCUT2D eigenvalue weighted by atomic mass is 35.5. The van der Waals surface area contributed by atoms with Crippen LogP contribution in [0.5, 0.6) is 0 Å². The van der Waals surface area contributed by atoms with Gasteiger partial charge in [-0.2, -0.15) is 5.10 Å². The number of unbranched alkanes of at least 4 members (excludes halogenated alkanes) is 1. The molecule has 0 saturated carbocycles. The van der Waals surface area contributed by atoms with Crippen LogP contribution in [-0.2, 0) is 14.3 Å². The number of ether oxygens (including phenoxy) is 1. The topological polar surface area (TPSA) is 102 Å². The standard InChI is InChI=1S/C25H25ClN4O4/c1-3-4-12-34-25(33)16-8-10-19(11-9-16)27-21(31)14-20-24(32)28-23-22(15(2)29-30(20)23)17-6-5-7-18(26)13-17/h5-11,13,20H,3-4,12,14H2,1-2H3,(H,27,31)(H,28,32). The first-order valence-corrected chi connectivity index (χ1v) is 11.5. The molecule has 0 spiro atoms. The molecule has 1 aliphatic rings. The fourth-order valence-corrected chi connectivity index (χ4v) is 4.03. The van der Waals surface area contributed by atoms with E-state index < -0.39 is 12.0 Å². The minimum Gasteiger partial charge on any atom is -0.462 e. The summed E-state index contributed by atoms with van der Waals surface area (Å²) >= 11 is 6.13. The van der Waals surface area contributed by atoms with E-state index in [1.807, 2.05) is 32.0 Å². The highest BCUT2D eigenvalue weighted by molar-refractivity contribution is 6.30. The molecule has 8 nitrogen and oxygen atoms in total. The number of carbonyl (C=O) groups is 3. The molecule has 0 aliphatic carbocycles. The highest BCUT2D eigenvalue weighted by Crippen LogP contribution is 2.38. The fraction of sp³-hybridized carbons (Fsp3) is 0.280. The van der Waals surface area contributed by atoms with Crippen molar-refractivity contribution in [3.05, 3.63) is 64.8 Å². The summed E-state index contributed by atoms with van der Waals surface area (Å²) in [4.78, 5) is 37.3. The van der Waals surface area contributed by atoms with Gasteiger partial charge in [0.05, 0.1) is 24.3 Å². The van der Waals surface area contributed by atoms with Crippen LogP contribution >= 0.6 is 11.6 Å². The summed E-state index contributed by atoms with van der Waals surface area (Å²) in [6.45, 7) is 4.25. The largest absolute Gasteiger partial charge is 0.462 e. The molecular formula is C25H25ClN4O4. The molecule has 2 amide bonds. The molecule has 9 heteroatoms. The Morgan fingerprint density at radius 1 is 1.21 bits per heavy atom. The van der Waals surface area contributed by atoms with Crippen LogP contribution in [0.15, 0.2) is 48.5 Å². The average Bonchev–Trinajstić information content (AvgIpc) is 3.27. The van der Waals surface area contributed by atoms with Crippen molar-refractivity contribution in [2.45, 2.75) is 39.2 Å². The van der Waals surface area contributed by atoms with E-state index >= 15 is 0 Å². The van der Waals surface area contributed by atoms with Gasteiger partial charge in [-0.25, -0.2) is 9.48 Å². The number of carbonyl (C=O) groups excluding carboxylic acids is 3. The maximum Gasteiger partial charge on any atom is 0.338 e. The minimum absolute atomic E-state index is 0.0875. The maximum atomic E-state index is 12.7. The first kappa shape index (κ1) is 23.5. The Kier molecular flexibility index (Phi) is 6.98. The summed E-state index contributed by atoms with van der Waals surface area (Å²) in [5, 5.41) is 10.7. The molecule has 1 unspecified atom stereocenters. The van der Waals surface area contributed by atoms with Crippen LogP contribution in [0, 0.1) is 6.92 Å². The zero-order chi connectivity index (χ0) is 24.2. The van der Waals surface area contributed by atoms with Crippen molar-refractivity contribution in [1.29, 1.82) is 0 Å². The van der Waals surface area contributed by atoms with E-state index in [0.717, 1.165) is 29.7 Å². The number of fused-ring (bicyclic) bond motifs is 1. The van der Waals surface area contributed by atoms with Gasteiger partial charge >= 0.3 is 5.97 Å². The van der Waals surface area contributed by atoms with E-state index in [1.54, 1.807) is 35.0 Å². The molecule has 2 heterocycles. The van der Waals surface area contributed by atoms with Crippen molar-refractivity contribution < 1.29 is 19.1 Å². The second kappa shape index (κ2) is 10.1. The van der Waals surface area contributed by atoms with E-state index in [0.29, 0.717) is 28.7 Å². The Balaban J connectivity index is 1.43. The van der Waals surface area contributed by atoms with Gasteiger partial charge in [0.15, 0.2) is 0 Å². The molecular weight excluding hydrogens is 456 g/mol. The Labute approximate surface area is 202 Å². The number of aromatic nitrogens is 2. The van der Waals surface area contributed by atoms with Gasteiger partial charge in [-0.15, -0.1) is 0 Å². The van der Waals surface area contributed by atoms with Gasteiger partial charge < -0.3 is 15.4 Å². The van der Waals surface area contributed by atoms with Crippen LogP contribution in [0.4, 0.5) is 11.5 Å². The molecule has 3 aromatic rings. The van der Waals surface area contributed by atoms with Gasteiger partial charge in [-0.1, -0.05) is 37.1 Å². The van der Waals surface area contributed by atoms with Gasteiger partial charge in [0, 0.05) is 16.3 Å². The lowest BCUT2D eigenvalue weighted by Gasteiger charge is -2.10. The summed E-state index contributed by atoms with van der Waals surface area (Å²) in [7, 11) is 0. The SMILES string of the molecule is CCCCOC(=O)c1ccc(NC(=O)CC2C(=O)Nc3c(-c4cccc(Cl)c4)c(C)nn32)cc1. The summed E-state index contributed by atoms with van der Waals surface area (Å²) in [5.74, 6) is -0.491. The smallest absolute Gasteiger partial charge is 0.338 e. The van der Waals surface area contributed by atoms with E-state index in [2.05, 4.69) is 15.7 Å². The lowest BCUT2D eigenvalue weighted by molar-refractivity contribution is -0.123. The summed E-state index contributed by atoms with van der Waals surface area (Å²) < 4.78 is 6.74. The number of benzene rings is 2. The van der Waals surface area contributed by atoms with Crippen LogP contribution in [0.1, 0.15) is 48.3 Å². The lowest BCUT2D eigenvalue weighted by Crippen LogP contribution is -2.23. The maximum absolute atomic E-state index is 12.7. The number of aryl methyl sites for hydroxylation is 1. The van der Waals surface area contributed by atoms with E-state index in [-0.39, 0.29) is 18.2 Å². The van der Waals surface area contributed by atoms with E-state index in [9.17, 15) is 14.4 Å². The Hall–Kier alpha value is -3.65. The van der Waals surface area contributed by atoms with Gasteiger partial charge in [-0.05, 0) is 55.3 Å².